The standard InChI is InChI=1S/C7H4ClN.C7H5N/c8-7-3-1-6(5-9)2-4-7;8-6-7-4-2-1-3-5-7/h1-4H;1-5H. The average Bonchev–Trinajstić information content (AvgIpc) is 2.41. The van der Waals surface area contributed by atoms with Crippen LogP contribution in [-0.2, 0) is 0 Å². The van der Waals surface area contributed by atoms with Crippen molar-refractivity contribution in [2.24, 2.45) is 0 Å². The van der Waals surface area contributed by atoms with Crippen LogP contribution in [0.1, 0.15) is 11.1 Å². The Bertz CT molecular complexity index is 533. The highest BCUT2D eigenvalue weighted by Gasteiger charge is 1.86. The quantitative estimate of drug-likeness (QED) is 0.704. The summed E-state index contributed by atoms with van der Waals surface area (Å²) < 4.78 is 0. The first-order valence-corrected chi connectivity index (χ1v) is 5.25. The SMILES string of the molecule is N#Cc1ccc(Cl)cc1.N#Cc1ccccc1. The summed E-state index contributed by atoms with van der Waals surface area (Å²) >= 11 is 5.56. The molecule has 0 radical (unpaired) electrons. The minimum Gasteiger partial charge on any atom is -0.192 e. The second kappa shape index (κ2) is 7.06. The van der Waals surface area contributed by atoms with Gasteiger partial charge in [0.25, 0.3) is 0 Å². The molecule has 0 atom stereocenters. The predicted molar refractivity (Wildman–Crippen MR) is 67.3 cm³/mol. The average molecular weight is 241 g/mol. The second-order valence-electron chi connectivity index (χ2n) is 3.10. The smallest absolute Gasteiger partial charge is 0.0991 e. The van der Waals surface area contributed by atoms with Crippen molar-refractivity contribution in [1.29, 1.82) is 10.5 Å². The van der Waals surface area contributed by atoms with E-state index in [-0.39, 0.29) is 0 Å². The van der Waals surface area contributed by atoms with Crippen LogP contribution in [0, 0.1) is 22.7 Å². The molecule has 0 aromatic heterocycles. The molecule has 0 saturated carbocycles. The van der Waals surface area contributed by atoms with Crippen LogP contribution in [-0.4, -0.2) is 0 Å². The Morgan fingerprint density at radius 2 is 1.18 bits per heavy atom. The zero-order valence-corrected chi connectivity index (χ0v) is 9.72. The fraction of sp³-hybridized carbons (Fsp3) is 0. The summed E-state index contributed by atoms with van der Waals surface area (Å²) in [6.07, 6.45) is 0. The first-order valence-electron chi connectivity index (χ1n) is 4.87. The first-order chi connectivity index (χ1) is 8.26. The third kappa shape index (κ3) is 4.84. The molecule has 0 spiro atoms. The Balaban J connectivity index is 0.000000171. The van der Waals surface area contributed by atoms with E-state index in [9.17, 15) is 0 Å². The third-order valence-corrected chi connectivity index (χ3v) is 2.13. The monoisotopic (exact) mass is 240 g/mol. The molecular weight excluding hydrogens is 232 g/mol. The molecule has 2 rings (SSSR count). The van der Waals surface area contributed by atoms with Gasteiger partial charge in [0, 0.05) is 5.02 Å². The molecule has 0 fully saturated rings. The van der Waals surface area contributed by atoms with Gasteiger partial charge in [-0.2, -0.15) is 10.5 Å². The summed E-state index contributed by atoms with van der Waals surface area (Å²) in [5.41, 5.74) is 1.35. The van der Waals surface area contributed by atoms with E-state index in [4.69, 9.17) is 22.1 Å². The third-order valence-electron chi connectivity index (χ3n) is 1.88. The minimum atomic E-state index is 0.638. The molecule has 0 aliphatic rings. The van der Waals surface area contributed by atoms with E-state index < -0.39 is 0 Å². The number of nitrogens with zero attached hydrogens (tertiary/aromatic N) is 2. The number of nitriles is 2. The molecule has 2 aromatic carbocycles. The van der Waals surface area contributed by atoms with Crippen molar-refractivity contribution in [2.45, 2.75) is 0 Å². The highest BCUT2D eigenvalue weighted by molar-refractivity contribution is 6.30. The number of hydrogen-bond donors (Lipinski definition) is 0. The Labute approximate surface area is 105 Å². The molecule has 2 aromatic rings. The zero-order valence-electron chi connectivity index (χ0n) is 8.97. The summed E-state index contributed by atoms with van der Waals surface area (Å²) in [5.74, 6) is 0. The zero-order chi connectivity index (χ0) is 12.5. The molecule has 17 heavy (non-hydrogen) atoms. The number of benzene rings is 2. The molecule has 0 aliphatic heterocycles. The van der Waals surface area contributed by atoms with Crippen molar-refractivity contribution >= 4 is 11.6 Å². The lowest BCUT2D eigenvalue weighted by Gasteiger charge is -1.86. The van der Waals surface area contributed by atoms with Crippen LogP contribution in [0.3, 0.4) is 0 Å². The van der Waals surface area contributed by atoms with Crippen LogP contribution in [0.5, 0.6) is 0 Å². The molecule has 0 unspecified atom stereocenters. The lowest BCUT2D eigenvalue weighted by molar-refractivity contribution is 1.49. The van der Waals surface area contributed by atoms with Gasteiger partial charge in [-0.25, -0.2) is 0 Å². The second-order valence-corrected chi connectivity index (χ2v) is 3.53. The van der Waals surface area contributed by atoms with Crippen molar-refractivity contribution in [3.05, 3.63) is 70.7 Å². The number of hydrogen-bond acceptors (Lipinski definition) is 2. The summed E-state index contributed by atoms with van der Waals surface area (Å²) in [7, 11) is 0. The largest absolute Gasteiger partial charge is 0.192 e. The Kier molecular flexibility index (Phi) is 5.31. The molecule has 2 nitrogen and oxygen atoms in total. The Morgan fingerprint density at radius 1 is 0.706 bits per heavy atom. The molecule has 0 aliphatic carbocycles. The fourth-order valence-corrected chi connectivity index (χ4v) is 1.16. The molecule has 0 heterocycles. The lowest BCUT2D eigenvalue weighted by Crippen LogP contribution is -1.69. The van der Waals surface area contributed by atoms with Crippen LogP contribution in [0.4, 0.5) is 0 Å². The van der Waals surface area contributed by atoms with E-state index in [0.29, 0.717) is 16.1 Å². The summed E-state index contributed by atoms with van der Waals surface area (Å²) in [6, 6.07) is 19.9. The topological polar surface area (TPSA) is 47.6 Å². The van der Waals surface area contributed by atoms with E-state index in [0.717, 1.165) is 0 Å². The maximum atomic E-state index is 8.34. The van der Waals surface area contributed by atoms with Crippen molar-refractivity contribution in [2.75, 3.05) is 0 Å². The Hall–Kier alpha value is -2.29. The molecule has 0 N–H and O–H groups in total. The summed E-state index contributed by atoms with van der Waals surface area (Å²) in [6.45, 7) is 0. The molecule has 0 amide bonds. The fourth-order valence-electron chi connectivity index (χ4n) is 1.04. The van der Waals surface area contributed by atoms with Crippen molar-refractivity contribution in [3.63, 3.8) is 0 Å². The van der Waals surface area contributed by atoms with Crippen LogP contribution in [0.15, 0.2) is 54.6 Å². The van der Waals surface area contributed by atoms with Gasteiger partial charge in [0.15, 0.2) is 0 Å². The minimum absolute atomic E-state index is 0.638. The van der Waals surface area contributed by atoms with Crippen molar-refractivity contribution in [1.82, 2.24) is 0 Å². The van der Waals surface area contributed by atoms with E-state index >= 15 is 0 Å². The van der Waals surface area contributed by atoms with Gasteiger partial charge in [0.1, 0.15) is 0 Å². The maximum Gasteiger partial charge on any atom is 0.0991 e. The van der Waals surface area contributed by atoms with E-state index in [1.165, 1.54) is 0 Å². The van der Waals surface area contributed by atoms with Gasteiger partial charge in [-0.1, -0.05) is 29.8 Å². The predicted octanol–water partition coefficient (Wildman–Crippen LogP) is 3.77. The van der Waals surface area contributed by atoms with Gasteiger partial charge < -0.3 is 0 Å². The normalized spacial score (nSPS) is 8.18. The molecule has 0 bridgehead atoms. The van der Waals surface area contributed by atoms with Crippen LogP contribution in [0.2, 0.25) is 5.02 Å². The Morgan fingerprint density at radius 3 is 1.59 bits per heavy atom. The van der Waals surface area contributed by atoms with Crippen LogP contribution < -0.4 is 0 Å². The molecule has 3 heteroatoms. The van der Waals surface area contributed by atoms with Gasteiger partial charge in [-0.3, -0.25) is 0 Å². The van der Waals surface area contributed by atoms with Gasteiger partial charge >= 0.3 is 0 Å². The van der Waals surface area contributed by atoms with E-state index in [1.54, 1.807) is 36.4 Å². The molecule has 82 valence electrons. The number of halogens is 1. The van der Waals surface area contributed by atoms with E-state index in [1.807, 2.05) is 30.3 Å². The van der Waals surface area contributed by atoms with Gasteiger partial charge in [-0.15, -0.1) is 0 Å². The molecule has 0 saturated heterocycles. The summed E-state index contributed by atoms with van der Waals surface area (Å²) in [4.78, 5) is 0. The first kappa shape index (κ1) is 12.8. The molecular formula is C14H9ClN2. The van der Waals surface area contributed by atoms with Gasteiger partial charge in [0.05, 0.1) is 23.3 Å². The van der Waals surface area contributed by atoms with Crippen molar-refractivity contribution in [3.8, 4) is 12.1 Å². The highest BCUT2D eigenvalue weighted by Crippen LogP contribution is 2.07. The van der Waals surface area contributed by atoms with Crippen molar-refractivity contribution < 1.29 is 0 Å². The van der Waals surface area contributed by atoms with Gasteiger partial charge in [0.2, 0.25) is 0 Å². The summed E-state index contributed by atoms with van der Waals surface area (Å²) in [5, 5.41) is 17.3. The number of rotatable bonds is 0. The van der Waals surface area contributed by atoms with Crippen LogP contribution >= 0.6 is 11.6 Å². The van der Waals surface area contributed by atoms with Crippen LogP contribution in [0.25, 0.3) is 0 Å². The maximum absolute atomic E-state index is 8.34. The van der Waals surface area contributed by atoms with Gasteiger partial charge in [-0.05, 0) is 36.4 Å². The van der Waals surface area contributed by atoms with E-state index in [2.05, 4.69) is 0 Å². The highest BCUT2D eigenvalue weighted by atomic mass is 35.5. The lowest BCUT2D eigenvalue weighted by atomic mass is 10.2.